The average Bonchev–Trinajstić information content (AvgIpc) is 2.92. The molecule has 0 aliphatic rings. The molecule has 0 amide bonds. The summed E-state index contributed by atoms with van der Waals surface area (Å²) in [5, 5.41) is 5.07. The summed E-state index contributed by atoms with van der Waals surface area (Å²) in [5.41, 5.74) is 1.41. The minimum atomic E-state index is -4.04. The van der Waals surface area contributed by atoms with E-state index in [0.29, 0.717) is 16.8 Å². The molecule has 2 aromatic rings. The maximum atomic E-state index is 12.4. The number of ether oxygens (including phenoxy) is 2. The van der Waals surface area contributed by atoms with Crippen LogP contribution in [0.3, 0.4) is 0 Å². The van der Waals surface area contributed by atoms with Crippen molar-refractivity contribution in [2.75, 3.05) is 13.7 Å². The second kappa shape index (κ2) is 7.95. The molecule has 0 bridgehead atoms. The van der Waals surface area contributed by atoms with Gasteiger partial charge >= 0.3 is 5.97 Å². The van der Waals surface area contributed by atoms with E-state index in [2.05, 4.69) is 4.98 Å². The van der Waals surface area contributed by atoms with Crippen molar-refractivity contribution in [2.24, 2.45) is 5.14 Å². The van der Waals surface area contributed by atoms with Crippen molar-refractivity contribution < 1.29 is 32.3 Å². The second-order valence-electron chi connectivity index (χ2n) is 6.09. The van der Waals surface area contributed by atoms with Gasteiger partial charge in [-0.3, -0.25) is 9.59 Å². The number of aromatic amines is 1. The Hall–Kier alpha value is -2.98. The Morgan fingerprint density at radius 3 is 2.32 bits per heavy atom. The number of primary sulfonamides is 1. The molecule has 0 saturated heterocycles. The number of Topliss-reactive ketones (excluding diaryl/α,β-unsaturated/α-hetero) is 2. The van der Waals surface area contributed by atoms with E-state index in [1.165, 1.54) is 26.2 Å². The SMILES string of the molecule is COc1ccc(S(N)(=O)=O)cc1C(=O)OCC(=O)c1[nH]c(C)c(C(C)=O)c1C. The van der Waals surface area contributed by atoms with Crippen LogP contribution >= 0.6 is 0 Å². The van der Waals surface area contributed by atoms with E-state index >= 15 is 0 Å². The van der Waals surface area contributed by atoms with E-state index in [1.807, 2.05) is 0 Å². The smallest absolute Gasteiger partial charge is 0.342 e. The van der Waals surface area contributed by atoms with Gasteiger partial charge in [-0.05, 0) is 44.5 Å². The van der Waals surface area contributed by atoms with Crippen LogP contribution in [0.1, 0.15) is 49.4 Å². The maximum Gasteiger partial charge on any atom is 0.342 e. The van der Waals surface area contributed by atoms with Gasteiger partial charge in [0.2, 0.25) is 15.8 Å². The predicted molar refractivity (Wildman–Crippen MR) is 99.3 cm³/mol. The first kappa shape index (κ1) is 21.3. The predicted octanol–water partition coefficient (Wildman–Crippen LogP) is 1.53. The standard InChI is InChI=1S/C18H20N2O7S/c1-9-16(11(3)21)10(2)20-17(9)14(22)8-27-18(23)13-7-12(28(19,24)25)5-6-15(13)26-4/h5-7,20H,8H2,1-4H3,(H2,19,24,25). The number of aryl methyl sites for hydroxylation is 1. The molecule has 1 aromatic carbocycles. The van der Waals surface area contributed by atoms with Gasteiger partial charge < -0.3 is 14.5 Å². The number of hydrogen-bond acceptors (Lipinski definition) is 7. The first-order valence-electron chi connectivity index (χ1n) is 8.08. The van der Waals surface area contributed by atoms with E-state index in [1.54, 1.807) is 13.8 Å². The summed E-state index contributed by atoms with van der Waals surface area (Å²) in [5.74, 6) is -1.62. The number of aromatic nitrogens is 1. The molecule has 0 radical (unpaired) electrons. The van der Waals surface area contributed by atoms with Crippen LogP contribution in [0.15, 0.2) is 23.1 Å². The molecule has 1 heterocycles. The van der Waals surface area contributed by atoms with Crippen LogP contribution in [0.25, 0.3) is 0 Å². The summed E-state index contributed by atoms with van der Waals surface area (Å²) in [7, 11) is -2.75. The maximum absolute atomic E-state index is 12.4. The third-order valence-electron chi connectivity index (χ3n) is 4.12. The number of nitrogens with one attached hydrogen (secondary N) is 1. The lowest BCUT2D eigenvalue weighted by atomic mass is 10.1. The number of rotatable bonds is 7. The zero-order chi connectivity index (χ0) is 21.2. The van der Waals surface area contributed by atoms with Gasteiger partial charge in [-0.1, -0.05) is 0 Å². The summed E-state index contributed by atoms with van der Waals surface area (Å²) in [4.78, 5) is 39.0. The first-order chi connectivity index (χ1) is 13.0. The topological polar surface area (TPSA) is 146 Å². The highest BCUT2D eigenvalue weighted by molar-refractivity contribution is 7.89. The number of nitrogens with two attached hydrogens (primary N) is 1. The Morgan fingerprint density at radius 2 is 1.82 bits per heavy atom. The quantitative estimate of drug-likeness (QED) is 0.522. The van der Waals surface area contributed by atoms with Crippen LogP contribution in [-0.2, 0) is 14.8 Å². The normalized spacial score (nSPS) is 11.2. The van der Waals surface area contributed by atoms with Gasteiger partial charge in [0.15, 0.2) is 12.4 Å². The average molecular weight is 408 g/mol. The van der Waals surface area contributed by atoms with Crippen molar-refractivity contribution in [3.63, 3.8) is 0 Å². The summed E-state index contributed by atoms with van der Waals surface area (Å²) >= 11 is 0. The molecule has 10 heteroatoms. The largest absolute Gasteiger partial charge is 0.496 e. The van der Waals surface area contributed by atoms with Gasteiger partial charge in [-0.15, -0.1) is 0 Å². The van der Waals surface area contributed by atoms with Gasteiger partial charge in [-0.25, -0.2) is 18.4 Å². The van der Waals surface area contributed by atoms with Gasteiger partial charge in [0.25, 0.3) is 0 Å². The molecule has 0 unspecified atom stereocenters. The van der Waals surface area contributed by atoms with Gasteiger partial charge in [-0.2, -0.15) is 0 Å². The zero-order valence-electron chi connectivity index (χ0n) is 15.8. The molecular formula is C18H20N2O7S. The highest BCUT2D eigenvalue weighted by Gasteiger charge is 2.23. The number of sulfonamides is 1. The van der Waals surface area contributed by atoms with Gasteiger partial charge in [0, 0.05) is 11.3 Å². The van der Waals surface area contributed by atoms with E-state index in [4.69, 9.17) is 14.6 Å². The third-order valence-corrected chi connectivity index (χ3v) is 5.03. The van der Waals surface area contributed by atoms with Crippen LogP contribution in [0.5, 0.6) is 5.75 Å². The Bertz CT molecular complexity index is 1070. The Labute approximate surface area is 161 Å². The summed E-state index contributed by atoms with van der Waals surface area (Å²) in [6.45, 7) is 4.06. The number of ketones is 2. The lowest BCUT2D eigenvalue weighted by molar-refractivity contribution is 0.0470. The molecule has 0 saturated carbocycles. The lowest BCUT2D eigenvalue weighted by Gasteiger charge is -2.10. The molecule has 0 aliphatic heterocycles. The molecule has 0 aliphatic carbocycles. The van der Waals surface area contributed by atoms with E-state index in [-0.39, 0.29) is 27.7 Å². The van der Waals surface area contributed by atoms with Gasteiger partial charge in [0.05, 0.1) is 17.7 Å². The van der Waals surface area contributed by atoms with Crippen LogP contribution in [0.4, 0.5) is 0 Å². The molecule has 3 N–H and O–H groups in total. The zero-order valence-corrected chi connectivity index (χ0v) is 16.6. The Morgan fingerprint density at radius 1 is 1.18 bits per heavy atom. The van der Waals surface area contributed by atoms with Crippen LogP contribution < -0.4 is 9.88 Å². The van der Waals surface area contributed by atoms with Crippen molar-refractivity contribution in [3.05, 3.63) is 46.3 Å². The fourth-order valence-electron chi connectivity index (χ4n) is 2.86. The number of hydrogen-bond donors (Lipinski definition) is 2. The van der Waals surface area contributed by atoms with E-state index < -0.39 is 28.4 Å². The van der Waals surface area contributed by atoms with Crippen molar-refractivity contribution in [3.8, 4) is 5.75 Å². The number of benzene rings is 1. The first-order valence-corrected chi connectivity index (χ1v) is 9.63. The second-order valence-corrected chi connectivity index (χ2v) is 7.65. The molecule has 150 valence electrons. The van der Waals surface area contributed by atoms with Crippen molar-refractivity contribution in [2.45, 2.75) is 25.7 Å². The number of H-pyrrole nitrogens is 1. The molecule has 28 heavy (non-hydrogen) atoms. The Kier molecular flexibility index (Phi) is 6.05. The van der Waals surface area contributed by atoms with Crippen molar-refractivity contribution >= 4 is 27.6 Å². The lowest BCUT2D eigenvalue weighted by Crippen LogP contribution is -2.17. The summed E-state index contributed by atoms with van der Waals surface area (Å²) in [6, 6.07) is 3.46. The fourth-order valence-corrected chi connectivity index (χ4v) is 3.40. The minimum Gasteiger partial charge on any atom is -0.496 e. The van der Waals surface area contributed by atoms with Crippen molar-refractivity contribution in [1.82, 2.24) is 4.98 Å². The van der Waals surface area contributed by atoms with Gasteiger partial charge in [0.1, 0.15) is 11.3 Å². The summed E-state index contributed by atoms with van der Waals surface area (Å²) in [6.07, 6.45) is 0. The molecule has 2 rings (SSSR count). The van der Waals surface area contributed by atoms with Crippen LogP contribution in [0, 0.1) is 13.8 Å². The third kappa shape index (κ3) is 4.29. The highest BCUT2D eigenvalue weighted by Crippen LogP contribution is 2.23. The number of carbonyl (C=O) groups is 3. The van der Waals surface area contributed by atoms with E-state index in [9.17, 15) is 22.8 Å². The number of methoxy groups -OCH3 is 1. The molecular weight excluding hydrogens is 388 g/mol. The minimum absolute atomic E-state index is 0.0654. The monoisotopic (exact) mass is 408 g/mol. The highest BCUT2D eigenvalue weighted by atomic mass is 32.2. The number of carbonyl (C=O) groups excluding carboxylic acids is 3. The molecule has 0 spiro atoms. The van der Waals surface area contributed by atoms with E-state index in [0.717, 1.165) is 6.07 Å². The molecule has 0 atom stereocenters. The van der Waals surface area contributed by atoms with Crippen LogP contribution in [0.2, 0.25) is 0 Å². The number of esters is 1. The summed E-state index contributed by atoms with van der Waals surface area (Å²) < 4.78 is 33.0. The Balaban J connectivity index is 2.24. The fraction of sp³-hybridized carbons (Fsp3) is 0.278. The molecule has 1 aromatic heterocycles. The van der Waals surface area contributed by atoms with Crippen LogP contribution in [-0.4, -0.2) is 44.7 Å². The van der Waals surface area contributed by atoms with Crippen molar-refractivity contribution in [1.29, 1.82) is 0 Å². The molecule has 9 nitrogen and oxygen atoms in total. The molecule has 0 fully saturated rings.